The fourth-order valence-electron chi connectivity index (χ4n) is 1.92. The summed E-state index contributed by atoms with van der Waals surface area (Å²) in [6, 6.07) is 9.82. The van der Waals surface area contributed by atoms with Gasteiger partial charge in [0.15, 0.2) is 0 Å². The second-order valence-corrected chi connectivity index (χ2v) is 4.54. The summed E-state index contributed by atoms with van der Waals surface area (Å²) >= 11 is 0. The number of carbonyl (C=O) groups is 2. The molecule has 20 heavy (non-hydrogen) atoms. The van der Waals surface area contributed by atoms with Crippen molar-refractivity contribution in [2.24, 2.45) is 0 Å². The number of rotatable bonds is 8. The van der Waals surface area contributed by atoms with Crippen molar-refractivity contribution in [2.45, 2.75) is 20.4 Å². The molecule has 0 unspecified atom stereocenters. The van der Waals surface area contributed by atoms with Crippen LogP contribution in [0.5, 0.6) is 0 Å². The van der Waals surface area contributed by atoms with E-state index in [2.05, 4.69) is 10.6 Å². The van der Waals surface area contributed by atoms with E-state index in [1.54, 1.807) is 0 Å². The molecule has 0 saturated carbocycles. The Morgan fingerprint density at radius 2 is 1.45 bits per heavy atom. The number of nitrogens with zero attached hydrogens (tertiary/aromatic N) is 1. The van der Waals surface area contributed by atoms with Crippen LogP contribution in [-0.2, 0) is 16.1 Å². The van der Waals surface area contributed by atoms with E-state index in [1.807, 2.05) is 49.1 Å². The molecule has 0 aliphatic heterocycles. The monoisotopic (exact) mass is 277 g/mol. The van der Waals surface area contributed by atoms with Gasteiger partial charge in [-0.1, -0.05) is 30.3 Å². The van der Waals surface area contributed by atoms with Crippen molar-refractivity contribution in [1.82, 2.24) is 15.5 Å². The van der Waals surface area contributed by atoms with Crippen LogP contribution in [-0.4, -0.2) is 42.9 Å². The van der Waals surface area contributed by atoms with Crippen LogP contribution in [0, 0.1) is 0 Å². The first-order valence-corrected chi connectivity index (χ1v) is 6.95. The zero-order chi connectivity index (χ0) is 14.8. The van der Waals surface area contributed by atoms with Gasteiger partial charge in [-0.2, -0.15) is 0 Å². The van der Waals surface area contributed by atoms with E-state index in [4.69, 9.17) is 0 Å². The van der Waals surface area contributed by atoms with Crippen molar-refractivity contribution in [3.63, 3.8) is 0 Å². The minimum Gasteiger partial charge on any atom is -0.355 e. The van der Waals surface area contributed by atoms with Crippen molar-refractivity contribution >= 4 is 11.8 Å². The van der Waals surface area contributed by atoms with Crippen molar-refractivity contribution < 1.29 is 9.59 Å². The maximum absolute atomic E-state index is 11.7. The molecule has 0 radical (unpaired) electrons. The van der Waals surface area contributed by atoms with E-state index < -0.39 is 0 Å². The van der Waals surface area contributed by atoms with Gasteiger partial charge in [0, 0.05) is 19.6 Å². The molecule has 0 heterocycles. The number of benzene rings is 1. The summed E-state index contributed by atoms with van der Waals surface area (Å²) in [7, 11) is 0. The minimum absolute atomic E-state index is 0.0623. The van der Waals surface area contributed by atoms with Gasteiger partial charge in [0.25, 0.3) is 0 Å². The van der Waals surface area contributed by atoms with Gasteiger partial charge in [-0.05, 0) is 19.4 Å². The Morgan fingerprint density at radius 3 is 1.90 bits per heavy atom. The van der Waals surface area contributed by atoms with Crippen LogP contribution in [0.25, 0.3) is 0 Å². The smallest absolute Gasteiger partial charge is 0.234 e. The molecular weight excluding hydrogens is 254 g/mol. The maximum atomic E-state index is 11.7. The van der Waals surface area contributed by atoms with Crippen LogP contribution >= 0.6 is 0 Å². The first-order valence-electron chi connectivity index (χ1n) is 6.95. The Labute approximate surface area is 120 Å². The number of likely N-dealkylation sites (N-methyl/N-ethyl adjacent to an activating group) is 2. The maximum Gasteiger partial charge on any atom is 0.234 e. The third-order valence-corrected chi connectivity index (χ3v) is 2.73. The van der Waals surface area contributed by atoms with E-state index >= 15 is 0 Å². The molecule has 0 fully saturated rings. The molecule has 5 heteroatoms. The van der Waals surface area contributed by atoms with Crippen molar-refractivity contribution in [1.29, 1.82) is 0 Å². The number of carbonyl (C=O) groups excluding carboxylic acids is 2. The number of hydrogen-bond acceptors (Lipinski definition) is 3. The van der Waals surface area contributed by atoms with Gasteiger partial charge in [-0.15, -0.1) is 0 Å². The molecule has 1 rings (SSSR count). The highest BCUT2D eigenvalue weighted by Gasteiger charge is 2.14. The molecule has 110 valence electrons. The molecule has 2 N–H and O–H groups in total. The first-order chi connectivity index (χ1) is 9.65. The summed E-state index contributed by atoms with van der Waals surface area (Å²) in [5.41, 5.74) is 1.08. The Morgan fingerprint density at radius 1 is 0.950 bits per heavy atom. The highest BCUT2D eigenvalue weighted by molar-refractivity contribution is 5.81. The van der Waals surface area contributed by atoms with Gasteiger partial charge < -0.3 is 10.6 Å². The summed E-state index contributed by atoms with van der Waals surface area (Å²) in [5, 5.41) is 5.51. The fraction of sp³-hybridized carbons (Fsp3) is 0.467. The summed E-state index contributed by atoms with van der Waals surface area (Å²) in [4.78, 5) is 25.2. The highest BCUT2D eigenvalue weighted by atomic mass is 16.2. The van der Waals surface area contributed by atoms with Gasteiger partial charge in [0.05, 0.1) is 13.1 Å². The predicted octanol–water partition coefficient (Wildman–Crippen LogP) is 0.761. The van der Waals surface area contributed by atoms with Gasteiger partial charge in [0.2, 0.25) is 11.8 Å². The topological polar surface area (TPSA) is 61.4 Å². The summed E-state index contributed by atoms with van der Waals surface area (Å²) in [6.45, 7) is 5.97. The highest BCUT2D eigenvalue weighted by Crippen LogP contribution is 2.04. The van der Waals surface area contributed by atoms with Crippen LogP contribution < -0.4 is 10.6 Å². The van der Waals surface area contributed by atoms with E-state index in [0.29, 0.717) is 19.6 Å². The van der Waals surface area contributed by atoms with Crippen LogP contribution in [0.15, 0.2) is 30.3 Å². The zero-order valence-corrected chi connectivity index (χ0v) is 12.2. The van der Waals surface area contributed by atoms with E-state index in [1.165, 1.54) is 0 Å². The molecule has 0 aliphatic rings. The third kappa shape index (κ3) is 6.33. The number of amides is 2. The summed E-state index contributed by atoms with van der Waals surface area (Å²) in [6.07, 6.45) is 0. The van der Waals surface area contributed by atoms with Crippen LogP contribution in [0.4, 0.5) is 0 Å². The Kier molecular flexibility index (Phi) is 7.35. The fourth-order valence-corrected chi connectivity index (χ4v) is 1.92. The zero-order valence-electron chi connectivity index (χ0n) is 12.2. The van der Waals surface area contributed by atoms with Gasteiger partial charge in [-0.25, -0.2) is 0 Å². The molecule has 5 nitrogen and oxygen atoms in total. The van der Waals surface area contributed by atoms with Crippen molar-refractivity contribution in [3.8, 4) is 0 Å². The SMILES string of the molecule is CCNC(=O)CN(CC(=O)NCC)Cc1ccccc1. The molecule has 0 spiro atoms. The quantitative estimate of drug-likeness (QED) is 0.737. The molecule has 1 aromatic carbocycles. The van der Waals surface area contributed by atoms with E-state index in [0.717, 1.165) is 5.56 Å². The Hall–Kier alpha value is -1.88. The normalized spacial score (nSPS) is 10.3. The van der Waals surface area contributed by atoms with Crippen LogP contribution in [0.1, 0.15) is 19.4 Å². The van der Waals surface area contributed by atoms with Crippen LogP contribution in [0.2, 0.25) is 0 Å². The van der Waals surface area contributed by atoms with Crippen molar-refractivity contribution in [2.75, 3.05) is 26.2 Å². The first kappa shape index (κ1) is 16.2. The van der Waals surface area contributed by atoms with Gasteiger partial charge in [0.1, 0.15) is 0 Å². The lowest BCUT2D eigenvalue weighted by Gasteiger charge is -2.21. The molecule has 0 aliphatic carbocycles. The molecule has 0 aromatic heterocycles. The number of hydrogen-bond donors (Lipinski definition) is 2. The average molecular weight is 277 g/mol. The Bertz CT molecular complexity index is 400. The second kappa shape index (κ2) is 9.09. The van der Waals surface area contributed by atoms with E-state index in [9.17, 15) is 9.59 Å². The van der Waals surface area contributed by atoms with E-state index in [-0.39, 0.29) is 24.9 Å². The van der Waals surface area contributed by atoms with Gasteiger partial charge in [-0.3, -0.25) is 14.5 Å². The number of nitrogens with one attached hydrogen (secondary N) is 2. The largest absolute Gasteiger partial charge is 0.355 e. The van der Waals surface area contributed by atoms with Gasteiger partial charge >= 0.3 is 0 Å². The molecule has 0 atom stereocenters. The summed E-state index contributed by atoms with van der Waals surface area (Å²) in [5.74, 6) is -0.125. The molecule has 0 bridgehead atoms. The van der Waals surface area contributed by atoms with Crippen molar-refractivity contribution in [3.05, 3.63) is 35.9 Å². The molecule has 2 amide bonds. The lowest BCUT2D eigenvalue weighted by molar-refractivity contribution is -0.125. The lowest BCUT2D eigenvalue weighted by atomic mass is 10.2. The molecular formula is C15H23N3O2. The van der Waals surface area contributed by atoms with Crippen LogP contribution in [0.3, 0.4) is 0 Å². The predicted molar refractivity (Wildman–Crippen MR) is 79.1 cm³/mol. The molecule has 0 saturated heterocycles. The minimum atomic E-state index is -0.0623. The second-order valence-electron chi connectivity index (χ2n) is 4.54. The molecule has 1 aromatic rings. The lowest BCUT2D eigenvalue weighted by Crippen LogP contribution is -2.42. The summed E-state index contributed by atoms with van der Waals surface area (Å²) < 4.78 is 0. The average Bonchev–Trinajstić information content (AvgIpc) is 2.40. The standard InChI is InChI=1S/C15H23N3O2/c1-3-16-14(19)11-18(12-15(20)17-4-2)10-13-8-6-5-7-9-13/h5-9H,3-4,10-12H2,1-2H3,(H,16,19)(H,17,20). The third-order valence-electron chi connectivity index (χ3n) is 2.73. The Balaban J connectivity index is 2.63.